The standard InChI is InChI=1S/C14H19BrN2O3S/c15-12-4-1-3-11(7-12)9-21(19,20)10-14(18)17-6-2-5-13(17)8-16/h1,3-4,7,13H,2,5-6,8-10,16H2. The van der Waals surface area contributed by atoms with Gasteiger partial charge >= 0.3 is 0 Å². The second-order valence-electron chi connectivity index (χ2n) is 5.28. The summed E-state index contributed by atoms with van der Waals surface area (Å²) in [5.41, 5.74) is 6.29. The number of nitrogens with two attached hydrogens (primary N) is 1. The van der Waals surface area contributed by atoms with Gasteiger partial charge in [0.2, 0.25) is 5.91 Å². The number of benzene rings is 1. The number of sulfone groups is 1. The fourth-order valence-corrected chi connectivity index (χ4v) is 4.39. The van der Waals surface area contributed by atoms with Gasteiger partial charge in [-0.1, -0.05) is 28.1 Å². The molecule has 5 nitrogen and oxygen atoms in total. The Morgan fingerprint density at radius 3 is 2.86 bits per heavy atom. The van der Waals surface area contributed by atoms with E-state index in [2.05, 4.69) is 15.9 Å². The summed E-state index contributed by atoms with van der Waals surface area (Å²) in [5.74, 6) is -0.909. The lowest BCUT2D eigenvalue weighted by atomic mass is 10.2. The van der Waals surface area contributed by atoms with E-state index in [1.54, 1.807) is 23.1 Å². The molecule has 0 spiro atoms. The molecule has 1 unspecified atom stereocenters. The maximum absolute atomic E-state index is 12.2. The topological polar surface area (TPSA) is 80.5 Å². The maximum atomic E-state index is 12.2. The molecule has 1 aromatic rings. The minimum Gasteiger partial charge on any atom is -0.338 e. The van der Waals surface area contributed by atoms with Crippen LogP contribution < -0.4 is 5.73 Å². The summed E-state index contributed by atoms with van der Waals surface area (Å²) < 4.78 is 25.2. The zero-order valence-electron chi connectivity index (χ0n) is 11.7. The zero-order valence-corrected chi connectivity index (χ0v) is 14.1. The summed E-state index contributed by atoms with van der Waals surface area (Å²) >= 11 is 3.31. The molecule has 2 rings (SSSR count). The van der Waals surface area contributed by atoms with E-state index < -0.39 is 15.6 Å². The highest BCUT2D eigenvalue weighted by molar-refractivity contribution is 9.10. The Morgan fingerprint density at radius 2 is 2.19 bits per heavy atom. The molecule has 0 aliphatic carbocycles. The zero-order chi connectivity index (χ0) is 15.5. The van der Waals surface area contributed by atoms with E-state index in [9.17, 15) is 13.2 Å². The Balaban J connectivity index is 2.02. The number of likely N-dealkylation sites (tertiary alicyclic amines) is 1. The lowest BCUT2D eigenvalue weighted by molar-refractivity contribution is -0.129. The second kappa shape index (κ2) is 6.89. The Kier molecular flexibility index (Phi) is 5.40. The van der Waals surface area contributed by atoms with Crippen molar-refractivity contribution >= 4 is 31.7 Å². The van der Waals surface area contributed by atoms with Crippen molar-refractivity contribution in [3.63, 3.8) is 0 Å². The van der Waals surface area contributed by atoms with Crippen LogP contribution in [0.3, 0.4) is 0 Å². The molecule has 1 heterocycles. The minimum atomic E-state index is -3.47. The summed E-state index contributed by atoms with van der Waals surface area (Å²) in [4.78, 5) is 13.8. The van der Waals surface area contributed by atoms with Crippen LogP contribution in [0.25, 0.3) is 0 Å². The van der Waals surface area contributed by atoms with Gasteiger partial charge in [0, 0.05) is 23.6 Å². The third-order valence-electron chi connectivity index (χ3n) is 3.59. The fourth-order valence-electron chi connectivity index (χ4n) is 2.61. The molecule has 0 bridgehead atoms. The first-order valence-electron chi connectivity index (χ1n) is 6.86. The highest BCUT2D eigenvalue weighted by atomic mass is 79.9. The molecule has 1 aliphatic heterocycles. The lowest BCUT2D eigenvalue weighted by Crippen LogP contribution is -2.42. The van der Waals surface area contributed by atoms with Gasteiger partial charge < -0.3 is 10.6 Å². The van der Waals surface area contributed by atoms with Crippen molar-refractivity contribution in [2.24, 2.45) is 5.73 Å². The first-order valence-corrected chi connectivity index (χ1v) is 9.47. The number of hydrogen-bond donors (Lipinski definition) is 1. The Labute approximate surface area is 133 Å². The van der Waals surface area contributed by atoms with Gasteiger partial charge in [-0.05, 0) is 30.5 Å². The van der Waals surface area contributed by atoms with Gasteiger partial charge in [0.15, 0.2) is 9.84 Å². The monoisotopic (exact) mass is 374 g/mol. The molecule has 1 amide bonds. The van der Waals surface area contributed by atoms with E-state index in [0.717, 1.165) is 17.3 Å². The van der Waals surface area contributed by atoms with Crippen LogP contribution >= 0.6 is 15.9 Å². The maximum Gasteiger partial charge on any atom is 0.238 e. The summed E-state index contributed by atoms with van der Waals surface area (Å²) in [7, 11) is -3.47. The third-order valence-corrected chi connectivity index (χ3v) is 5.54. The van der Waals surface area contributed by atoms with Gasteiger partial charge in [-0.15, -0.1) is 0 Å². The molecule has 1 atom stereocenters. The minimum absolute atomic E-state index is 0.0152. The Hall–Kier alpha value is -0.920. The predicted octanol–water partition coefficient (Wildman–Crippen LogP) is 1.31. The van der Waals surface area contributed by atoms with Crippen LogP contribution in [0.4, 0.5) is 0 Å². The average molecular weight is 375 g/mol. The molecule has 0 aromatic heterocycles. The number of amides is 1. The first kappa shape index (κ1) is 16.5. The molecular formula is C14H19BrN2O3S. The van der Waals surface area contributed by atoms with Crippen molar-refractivity contribution in [2.75, 3.05) is 18.8 Å². The third kappa shape index (κ3) is 4.52. The number of halogens is 1. The van der Waals surface area contributed by atoms with Crippen LogP contribution in [0.2, 0.25) is 0 Å². The van der Waals surface area contributed by atoms with Crippen molar-refractivity contribution in [3.05, 3.63) is 34.3 Å². The molecule has 7 heteroatoms. The molecular weight excluding hydrogens is 356 g/mol. The Bertz CT molecular complexity index is 618. The van der Waals surface area contributed by atoms with Gasteiger partial charge in [-0.25, -0.2) is 8.42 Å². The van der Waals surface area contributed by atoms with E-state index in [-0.39, 0.29) is 17.7 Å². The van der Waals surface area contributed by atoms with Crippen LogP contribution in [-0.4, -0.2) is 44.1 Å². The number of hydrogen-bond acceptors (Lipinski definition) is 4. The van der Waals surface area contributed by atoms with E-state index in [1.807, 2.05) is 6.07 Å². The van der Waals surface area contributed by atoms with Crippen molar-refractivity contribution in [3.8, 4) is 0 Å². The van der Waals surface area contributed by atoms with E-state index in [4.69, 9.17) is 5.73 Å². The van der Waals surface area contributed by atoms with Crippen molar-refractivity contribution in [2.45, 2.75) is 24.6 Å². The molecule has 116 valence electrons. The van der Waals surface area contributed by atoms with Crippen molar-refractivity contribution in [1.29, 1.82) is 0 Å². The van der Waals surface area contributed by atoms with E-state index in [0.29, 0.717) is 18.7 Å². The van der Waals surface area contributed by atoms with Crippen LogP contribution in [-0.2, 0) is 20.4 Å². The number of nitrogens with zero attached hydrogens (tertiary/aromatic N) is 1. The SMILES string of the molecule is NCC1CCCN1C(=O)CS(=O)(=O)Cc1cccc(Br)c1. The van der Waals surface area contributed by atoms with Gasteiger partial charge in [0.1, 0.15) is 5.75 Å². The first-order chi connectivity index (χ1) is 9.91. The summed E-state index contributed by atoms with van der Waals surface area (Å²) in [5, 5.41) is 0. The lowest BCUT2D eigenvalue weighted by Gasteiger charge is -2.23. The molecule has 2 N–H and O–H groups in total. The average Bonchev–Trinajstić information content (AvgIpc) is 2.85. The van der Waals surface area contributed by atoms with E-state index >= 15 is 0 Å². The highest BCUT2D eigenvalue weighted by Gasteiger charge is 2.30. The van der Waals surface area contributed by atoms with Gasteiger partial charge in [0.05, 0.1) is 5.75 Å². The molecule has 1 saturated heterocycles. The molecule has 1 fully saturated rings. The summed E-state index contributed by atoms with van der Waals surface area (Å²) in [6.07, 6.45) is 1.74. The number of rotatable bonds is 5. The smallest absolute Gasteiger partial charge is 0.238 e. The van der Waals surface area contributed by atoms with Gasteiger partial charge in [-0.2, -0.15) is 0 Å². The molecule has 21 heavy (non-hydrogen) atoms. The molecule has 0 radical (unpaired) electrons. The van der Waals surface area contributed by atoms with E-state index in [1.165, 1.54) is 0 Å². The van der Waals surface area contributed by atoms with Crippen LogP contribution in [0.1, 0.15) is 18.4 Å². The van der Waals surface area contributed by atoms with Gasteiger partial charge in [-0.3, -0.25) is 4.79 Å². The predicted molar refractivity (Wildman–Crippen MR) is 85.4 cm³/mol. The van der Waals surface area contributed by atoms with Crippen molar-refractivity contribution < 1.29 is 13.2 Å². The molecule has 0 saturated carbocycles. The highest BCUT2D eigenvalue weighted by Crippen LogP contribution is 2.18. The van der Waals surface area contributed by atoms with Crippen LogP contribution in [0.5, 0.6) is 0 Å². The van der Waals surface area contributed by atoms with Crippen LogP contribution in [0.15, 0.2) is 28.7 Å². The molecule has 1 aromatic carbocycles. The second-order valence-corrected chi connectivity index (χ2v) is 8.26. The number of carbonyl (C=O) groups excluding carboxylic acids is 1. The fraction of sp³-hybridized carbons (Fsp3) is 0.500. The Morgan fingerprint density at radius 1 is 1.43 bits per heavy atom. The quantitative estimate of drug-likeness (QED) is 0.842. The van der Waals surface area contributed by atoms with Crippen molar-refractivity contribution in [1.82, 2.24) is 4.90 Å². The summed E-state index contributed by atoms with van der Waals surface area (Å²) in [6.45, 7) is 0.991. The van der Waals surface area contributed by atoms with Crippen LogP contribution in [0, 0.1) is 0 Å². The summed E-state index contributed by atoms with van der Waals surface area (Å²) in [6, 6.07) is 7.09. The van der Waals surface area contributed by atoms with Gasteiger partial charge in [0.25, 0.3) is 0 Å². The normalized spacial score (nSPS) is 19.0. The number of carbonyl (C=O) groups is 1. The largest absolute Gasteiger partial charge is 0.338 e. The molecule has 1 aliphatic rings.